The lowest BCUT2D eigenvalue weighted by atomic mass is 10.0. The summed E-state index contributed by atoms with van der Waals surface area (Å²) < 4.78 is 5.29. The second kappa shape index (κ2) is 9.96. The molecule has 0 spiro atoms. The molecule has 4 nitrogen and oxygen atoms in total. The molecule has 1 saturated heterocycles. The largest absolute Gasteiger partial charge is 0.497 e. The van der Waals surface area contributed by atoms with Crippen LogP contribution in [0.15, 0.2) is 24.3 Å². The zero-order valence-corrected chi connectivity index (χ0v) is 16.2. The molecule has 144 valence electrons. The topological polar surface area (TPSA) is 41.6 Å². The number of rotatable bonds is 8. The summed E-state index contributed by atoms with van der Waals surface area (Å²) in [7, 11) is 1.70. The molecule has 0 radical (unpaired) electrons. The molecule has 26 heavy (non-hydrogen) atoms. The summed E-state index contributed by atoms with van der Waals surface area (Å²) in [6.07, 6.45) is 10.9. The number of carbonyl (C=O) groups is 1. The molecule has 1 atom stereocenters. The van der Waals surface area contributed by atoms with Gasteiger partial charge in [-0.1, -0.05) is 44.2 Å². The van der Waals surface area contributed by atoms with Crippen molar-refractivity contribution in [1.82, 2.24) is 10.2 Å². The standard InChI is InChI=1S/C22H34N2O2/c1-26-20-12-10-19(11-13-20)21(24-15-5-2-6-16-24)17-23-22(25)14-9-18-7-3-4-8-18/h10-13,18,21H,2-9,14-17H2,1H3,(H,23,25). The molecule has 1 aromatic carbocycles. The van der Waals surface area contributed by atoms with Gasteiger partial charge in [-0.15, -0.1) is 0 Å². The Morgan fingerprint density at radius 3 is 2.46 bits per heavy atom. The van der Waals surface area contributed by atoms with Gasteiger partial charge in [-0.2, -0.15) is 0 Å². The molecule has 1 saturated carbocycles. The highest BCUT2D eigenvalue weighted by molar-refractivity contribution is 5.75. The number of hydrogen-bond donors (Lipinski definition) is 1. The maximum Gasteiger partial charge on any atom is 0.220 e. The van der Waals surface area contributed by atoms with Gasteiger partial charge < -0.3 is 10.1 Å². The van der Waals surface area contributed by atoms with Crippen LogP contribution >= 0.6 is 0 Å². The van der Waals surface area contributed by atoms with Gasteiger partial charge in [0.25, 0.3) is 0 Å². The Labute approximate surface area is 158 Å². The summed E-state index contributed by atoms with van der Waals surface area (Å²) in [6.45, 7) is 2.94. The first-order valence-corrected chi connectivity index (χ1v) is 10.4. The van der Waals surface area contributed by atoms with E-state index in [4.69, 9.17) is 4.74 Å². The maximum atomic E-state index is 12.4. The number of ether oxygens (including phenoxy) is 1. The third-order valence-corrected chi connectivity index (χ3v) is 6.08. The molecule has 1 unspecified atom stereocenters. The fourth-order valence-electron chi connectivity index (χ4n) is 4.45. The quantitative estimate of drug-likeness (QED) is 0.753. The zero-order valence-electron chi connectivity index (χ0n) is 16.2. The second-order valence-corrected chi connectivity index (χ2v) is 7.88. The van der Waals surface area contributed by atoms with Gasteiger partial charge in [0.05, 0.1) is 13.2 Å². The normalized spacial score (nSPS) is 20.0. The first-order valence-electron chi connectivity index (χ1n) is 10.4. The SMILES string of the molecule is COc1ccc(C(CNC(=O)CCC2CCCC2)N2CCCCC2)cc1. The predicted molar refractivity (Wildman–Crippen MR) is 105 cm³/mol. The Kier molecular flexibility index (Phi) is 7.36. The van der Waals surface area contributed by atoms with Gasteiger partial charge in [-0.05, 0) is 56.0 Å². The van der Waals surface area contributed by atoms with Crippen LogP contribution in [-0.4, -0.2) is 37.6 Å². The molecule has 3 rings (SSSR count). The molecule has 1 aliphatic carbocycles. The average molecular weight is 359 g/mol. The number of benzene rings is 1. The molecule has 2 fully saturated rings. The van der Waals surface area contributed by atoms with E-state index < -0.39 is 0 Å². The summed E-state index contributed by atoms with van der Waals surface area (Å²) in [6, 6.07) is 8.59. The van der Waals surface area contributed by atoms with Crippen LogP contribution in [0.25, 0.3) is 0 Å². The molecule has 0 aromatic heterocycles. The van der Waals surface area contributed by atoms with E-state index >= 15 is 0 Å². The van der Waals surface area contributed by atoms with E-state index in [0.29, 0.717) is 13.0 Å². The van der Waals surface area contributed by atoms with Gasteiger partial charge in [0.15, 0.2) is 0 Å². The lowest BCUT2D eigenvalue weighted by molar-refractivity contribution is -0.121. The van der Waals surface area contributed by atoms with Gasteiger partial charge in [0.2, 0.25) is 5.91 Å². The van der Waals surface area contributed by atoms with Gasteiger partial charge in [-0.3, -0.25) is 9.69 Å². The first kappa shape index (κ1) is 19.2. The van der Waals surface area contributed by atoms with Crippen molar-refractivity contribution in [3.8, 4) is 5.75 Å². The fourth-order valence-corrected chi connectivity index (χ4v) is 4.45. The van der Waals surface area contributed by atoms with E-state index in [-0.39, 0.29) is 11.9 Å². The van der Waals surface area contributed by atoms with E-state index in [0.717, 1.165) is 31.2 Å². The van der Waals surface area contributed by atoms with Crippen molar-refractivity contribution in [3.05, 3.63) is 29.8 Å². The molecular formula is C22H34N2O2. The number of methoxy groups -OCH3 is 1. The number of carbonyl (C=O) groups excluding carboxylic acids is 1. The van der Waals surface area contributed by atoms with E-state index in [2.05, 4.69) is 22.3 Å². The maximum absolute atomic E-state index is 12.4. The Morgan fingerprint density at radius 1 is 1.12 bits per heavy atom. The molecule has 1 amide bonds. The fraction of sp³-hybridized carbons (Fsp3) is 0.682. The molecule has 1 heterocycles. The molecule has 4 heteroatoms. The smallest absolute Gasteiger partial charge is 0.220 e. The van der Waals surface area contributed by atoms with Crippen molar-refractivity contribution in [2.24, 2.45) is 5.92 Å². The summed E-state index contributed by atoms with van der Waals surface area (Å²) in [4.78, 5) is 14.9. The number of piperidine rings is 1. The first-order chi connectivity index (χ1) is 12.8. The van der Waals surface area contributed by atoms with Crippen LogP contribution in [0, 0.1) is 5.92 Å². The van der Waals surface area contributed by atoms with Gasteiger partial charge >= 0.3 is 0 Å². The Balaban J connectivity index is 1.56. The van der Waals surface area contributed by atoms with Crippen molar-refractivity contribution in [2.75, 3.05) is 26.7 Å². The number of likely N-dealkylation sites (tertiary alicyclic amines) is 1. The molecule has 2 aliphatic rings. The van der Waals surface area contributed by atoms with E-state index in [9.17, 15) is 4.79 Å². The molecule has 1 aliphatic heterocycles. The van der Waals surface area contributed by atoms with Crippen molar-refractivity contribution < 1.29 is 9.53 Å². The summed E-state index contributed by atoms with van der Waals surface area (Å²) in [5.74, 6) is 1.87. The van der Waals surface area contributed by atoms with Crippen LogP contribution in [0.1, 0.15) is 69.4 Å². The highest BCUT2D eigenvalue weighted by Gasteiger charge is 2.23. The molecular weight excluding hydrogens is 324 g/mol. The van der Waals surface area contributed by atoms with Crippen LogP contribution in [0.5, 0.6) is 5.75 Å². The predicted octanol–water partition coefficient (Wildman–Crippen LogP) is 4.31. The van der Waals surface area contributed by atoms with Crippen LogP contribution in [0.2, 0.25) is 0 Å². The lowest BCUT2D eigenvalue weighted by Gasteiger charge is -2.35. The van der Waals surface area contributed by atoms with E-state index in [1.54, 1.807) is 7.11 Å². The number of nitrogens with zero attached hydrogens (tertiary/aromatic N) is 1. The Bertz CT molecular complexity index is 546. The minimum absolute atomic E-state index is 0.215. The number of hydrogen-bond acceptors (Lipinski definition) is 3. The summed E-state index contributed by atoms with van der Waals surface area (Å²) >= 11 is 0. The van der Waals surface area contributed by atoms with Crippen LogP contribution < -0.4 is 10.1 Å². The van der Waals surface area contributed by atoms with Gasteiger partial charge in [-0.25, -0.2) is 0 Å². The highest BCUT2D eigenvalue weighted by atomic mass is 16.5. The Hall–Kier alpha value is -1.55. The van der Waals surface area contributed by atoms with Gasteiger partial charge in [0.1, 0.15) is 5.75 Å². The van der Waals surface area contributed by atoms with E-state index in [1.165, 1.54) is 50.5 Å². The van der Waals surface area contributed by atoms with Crippen molar-refractivity contribution >= 4 is 5.91 Å². The minimum atomic E-state index is 0.215. The lowest BCUT2D eigenvalue weighted by Crippen LogP contribution is -2.40. The molecule has 1 N–H and O–H groups in total. The second-order valence-electron chi connectivity index (χ2n) is 7.88. The Morgan fingerprint density at radius 2 is 1.81 bits per heavy atom. The van der Waals surface area contributed by atoms with Crippen molar-refractivity contribution in [3.63, 3.8) is 0 Å². The minimum Gasteiger partial charge on any atom is -0.497 e. The van der Waals surface area contributed by atoms with Crippen molar-refractivity contribution in [1.29, 1.82) is 0 Å². The third kappa shape index (κ3) is 5.47. The number of amides is 1. The van der Waals surface area contributed by atoms with Gasteiger partial charge in [0, 0.05) is 13.0 Å². The molecule has 1 aromatic rings. The van der Waals surface area contributed by atoms with Crippen LogP contribution in [0.3, 0.4) is 0 Å². The highest BCUT2D eigenvalue weighted by Crippen LogP contribution is 2.29. The molecule has 0 bridgehead atoms. The monoisotopic (exact) mass is 358 g/mol. The summed E-state index contributed by atoms with van der Waals surface area (Å²) in [5, 5.41) is 3.22. The van der Waals surface area contributed by atoms with Crippen LogP contribution in [0.4, 0.5) is 0 Å². The zero-order chi connectivity index (χ0) is 18.2. The average Bonchev–Trinajstić information content (AvgIpc) is 3.21. The number of nitrogens with one attached hydrogen (secondary N) is 1. The van der Waals surface area contributed by atoms with E-state index in [1.807, 2.05) is 12.1 Å². The summed E-state index contributed by atoms with van der Waals surface area (Å²) in [5.41, 5.74) is 1.27. The third-order valence-electron chi connectivity index (χ3n) is 6.08. The van der Waals surface area contributed by atoms with Crippen LogP contribution in [-0.2, 0) is 4.79 Å². The van der Waals surface area contributed by atoms with Crippen molar-refractivity contribution in [2.45, 2.75) is 63.8 Å².